The van der Waals surface area contributed by atoms with Crippen molar-refractivity contribution >= 4 is 20.0 Å². The van der Waals surface area contributed by atoms with Gasteiger partial charge in [-0.25, -0.2) is 16.8 Å². The van der Waals surface area contributed by atoms with E-state index in [9.17, 15) is 16.8 Å². The van der Waals surface area contributed by atoms with Crippen LogP contribution in [-0.2, 0) is 26.6 Å². The first-order valence-electron chi connectivity index (χ1n) is 11.3. The van der Waals surface area contributed by atoms with Gasteiger partial charge in [-0.05, 0) is 62.9 Å². The molecular formula is C24H34N2O4S2. The van der Waals surface area contributed by atoms with Gasteiger partial charge < -0.3 is 0 Å². The van der Waals surface area contributed by atoms with Crippen LogP contribution >= 0.6 is 0 Å². The Morgan fingerprint density at radius 2 is 1.38 bits per heavy atom. The Bertz CT molecular complexity index is 1090. The van der Waals surface area contributed by atoms with E-state index in [2.05, 4.69) is 0 Å². The van der Waals surface area contributed by atoms with Crippen molar-refractivity contribution in [3.05, 3.63) is 59.7 Å². The Morgan fingerprint density at radius 1 is 0.844 bits per heavy atom. The Kier molecular flexibility index (Phi) is 8.14. The third-order valence-electron chi connectivity index (χ3n) is 6.17. The van der Waals surface area contributed by atoms with Gasteiger partial charge in [0.1, 0.15) is 0 Å². The highest BCUT2D eigenvalue weighted by Gasteiger charge is 2.30. The lowest BCUT2D eigenvalue weighted by atomic mass is 10.1. The molecule has 3 rings (SSSR count). The predicted molar refractivity (Wildman–Crippen MR) is 127 cm³/mol. The normalized spacial score (nSPS) is 17.2. The van der Waals surface area contributed by atoms with E-state index in [0.29, 0.717) is 19.5 Å². The number of benzene rings is 2. The fourth-order valence-electron chi connectivity index (χ4n) is 3.90. The predicted octanol–water partition coefficient (Wildman–Crippen LogP) is 4.55. The fraction of sp³-hybridized carbons (Fsp3) is 0.500. The van der Waals surface area contributed by atoms with Gasteiger partial charge in [-0.1, -0.05) is 49.6 Å². The molecule has 32 heavy (non-hydrogen) atoms. The minimum absolute atomic E-state index is 0.111. The van der Waals surface area contributed by atoms with Crippen molar-refractivity contribution in [3.8, 4) is 0 Å². The molecule has 1 fully saturated rings. The van der Waals surface area contributed by atoms with Crippen molar-refractivity contribution in [2.75, 3.05) is 13.1 Å². The van der Waals surface area contributed by atoms with Gasteiger partial charge in [-0.15, -0.1) is 0 Å². The molecule has 0 radical (unpaired) electrons. The number of hydrogen-bond acceptors (Lipinski definition) is 4. The van der Waals surface area contributed by atoms with Gasteiger partial charge >= 0.3 is 0 Å². The summed E-state index contributed by atoms with van der Waals surface area (Å²) >= 11 is 0. The third-order valence-corrected chi connectivity index (χ3v) is 10.1. The summed E-state index contributed by atoms with van der Waals surface area (Å²) in [5, 5.41) is 0. The first-order valence-corrected chi connectivity index (χ1v) is 14.2. The van der Waals surface area contributed by atoms with Gasteiger partial charge in [-0.2, -0.15) is 8.61 Å². The highest BCUT2D eigenvalue weighted by Crippen LogP contribution is 2.26. The van der Waals surface area contributed by atoms with Crippen LogP contribution in [0.25, 0.3) is 0 Å². The first kappa shape index (κ1) is 24.9. The van der Waals surface area contributed by atoms with Crippen LogP contribution in [0, 0.1) is 6.92 Å². The van der Waals surface area contributed by atoms with Crippen LogP contribution in [0.5, 0.6) is 0 Å². The average molecular weight is 479 g/mol. The summed E-state index contributed by atoms with van der Waals surface area (Å²) in [4.78, 5) is 0.256. The van der Waals surface area contributed by atoms with E-state index >= 15 is 0 Å². The van der Waals surface area contributed by atoms with Gasteiger partial charge in [0.15, 0.2) is 0 Å². The molecule has 0 spiro atoms. The summed E-state index contributed by atoms with van der Waals surface area (Å²) < 4.78 is 56.0. The first-order chi connectivity index (χ1) is 15.2. The van der Waals surface area contributed by atoms with E-state index in [0.717, 1.165) is 36.8 Å². The van der Waals surface area contributed by atoms with E-state index in [1.54, 1.807) is 0 Å². The van der Waals surface area contributed by atoms with Crippen molar-refractivity contribution < 1.29 is 16.8 Å². The number of hydrogen-bond donors (Lipinski definition) is 0. The zero-order chi connectivity index (χ0) is 23.4. The summed E-state index contributed by atoms with van der Waals surface area (Å²) in [7, 11) is -7.41. The maximum Gasteiger partial charge on any atom is 0.243 e. The fourth-order valence-corrected chi connectivity index (χ4v) is 7.11. The van der Waals surface area contributed by atoms with E-state index in [1.807, 2.05) is 45.0 Å². The average Bonchev–Trinajstić information content (AvgIpc) is 3.08. The second-order valence-corrected chi connectivity index (χ2v) is 12.4. The molecule has 0 saturated carbocycles. The van der Waals surface area contributed by atoms with Gasteiger partial charge in [-0.3, -0.25) is 0 Å². The second kappa shape index (κ2) is 10.5. The molecule has 0 bridgehead atoms. The molecule has 0 aromatic heterocycles. The van der Waals surface area contributed by atoms with Crippen LogP contribution in [0.15, 0.2) is 58.3 Å². The van der Waals surface area contributed by atoms with Crippen molar-refractivity contribution in [2.45, 2.75) is 75.3 Å². The lowest BCUT2D eigenvalue weighted by Gasteiger charge is -2.28. The number of rotatable bonds is 8. The van der Waals surface area contributed by atoms with Crippen molar-refractivity contribution in [1.29, 1.82) is 0 Å². The molecule has 1 aliphatic heterocycles. The summed E-state index contributed by atoms with van der Waals surface area (Å²) in [5.41, 5.74) is 2.03. The molecule has 1 saturated heterocycles. The number of aryl methyl sites for hydroxylation is 1. The molecule has 2 aromatic carbocycles. The minimum Gasteiger partial charge on any atom is -0.207 e. The van der Waals surface area contributed by atoms with Crippen LogP contribution < -0.4 is 0 Å². The van der Waals surface area contributed by atoms with Gasteiger partial charge in [0.05, 0.1) is 9.79 Å². The van der Waals surface area contributed by atoms with E-state index in [-0.39, 0.29) is 22.4 Å². The zero-order valence-corrected chi connectivity index (χ0v) is 20.8. The molecule has 1 aliphatic rings. The standard InChI is InChI=1S/C24H34N2O4S2/c1-4-21(3)26(19-22-11-9-20(2)10-12-22)32(29,30)24-15-13-23(14-16-24)31(27,28)25-17-7-5-6-8-18-25/h9-16,21H,4-8,17-19H2,1-3H3. The summed E-state index contributed by atoms with van der Waals surface area (Å²) in [5.74, 6) is 0. The molecule has 0 amide bonds. The Labute approximate surface area is 193 Å². The van der Waals surface area contributed by atoms with Crippen LogP contribution in [0.2, 0.25) is 0 Å². The summed E-state index contributed by atoms with van der Waals surface area (Å²) in [6.45, 7) is 7.14. The molecule has 8 heteroatoms. The minimum atomic E-state index is -3.79. The van der Waals surface area contributed by atoms with Crippen LogP contribution in [-0.4, -0.2) is 44.6 Å². The molecule has 1 heterocycles. The molecule has 6 nitrogen and oxygen atoms in total. The number of sulfonamides is 2. The Hall–Kier alpha value is -1.74. The Morgan fingerprint density at radius 3 is 1.91 bits per heavy atom. The van der Waals surface area contributed by atoms with Crippen LogP contribution in [0.1, 0.15) is 57.1 Å². The Balaban J connectivity index is 1.87. The maximum absolute atomic E-state index is 13.5. The van der Waals surface area contributed by atoms with Crippen LogP contribution in [0.3, 0.4) is 0 Å². The van der Waals surface area contributed by atoms with E-state index < -0.39 is 20.0 Å². The highest BCUT2D eigenvalue weighted by atomic mass is 32.2. The lowest BCUT2D eigenvalue weighted by molar-refractivity contribution is 0.323. The molecule has 0 N–H and O–H groups in total. The lowest BCUT2D eigenvalue weighted by Crippen LogP contribution is -2.37. The third kappa shape index (κ3) is 5.60. The van der Waals surface area contributed by atoms with Crippen molar-refractivity contribution in [3.63, 3.8) is 0 Å². The molecule has 2 aromatic rings. The zero-order valence-electron chi connectivity index (χ0n) is 19.2. The summed E-state index contributed by atoms with van der Waals surface area (Å²) in [6, 6.07) is 13.3. The maximum atomic E-state index is 13.5. The molecular weight excluding hydrogens is 444 g/mol. The largest absolute Gasteiger partial charge is 0.243 e. The SMILES string of the molecule is CCC(C)N(Cc1ccc(C)cc1)S(=O)(=O)c1ccc(S(=O)(=O)N2CCCCCC2)cc1. The highest BCUT2D eigenvalue weighted by molar-refractivity contribution is 7.89. The smallest absolute Gasteiger partial charge is 0.207 e. The van der Waals surface area contributed by atoms with Gasteiger partial charge in [0.25, 0.3) is 0 Å². The van der Waals surface area contributed by atoms with Crippen molar-refractivity contribution in [1.82, 2.24) is 8.61 Å². The molecule has 176 valence electrons. The molecule has 1 unspecified atom stereocenters. The van der Waals surface area contributed by atoms with Crippen LogP contribution in [0.4, 0.5) is 0 Å². The molecule has 0 aliphatic carbocycles. The second-order valence-electron chi connectivity index (χ2n) is 8.58. The van der Waals surface area contributed by atoms with E-state index in [1.165, 1.54) is 32.9 Å². The van der Waals surface area contributed by atoms with Gasteiger partial charge in [0.2, 0.25) is 20.0 Å². The van der Waals surface area contributed by atoms with Gasteiger partial charge in [0, 0.05) is 25.7 Å². The monoisotopic (exact) mass is 478 g/mol. The quantitative estimate of drug-likeness (QED) is 0.558. The topological polar surface area (TPSA) is 74.8 Å². The number of nitrogens with zero attached hydrogens (tertiary/aromatic N) is 2. The van der Waals surface area contributed by atoms with Crippen molar-refractivity contribution in [2.24, 2.45) is 0 Å². The van der Waals surface area contributed by atoms with E-state index in [4.69, 9.17) is 0 Å². The summed E-state index contributed by atoms with van der Waals surface area (Å²) in [6.07, 6.45) is 4.46. The molecule has 1 atom stereocenters.